The second-order valence-electron chi connectivity index (χ2n) is 21.6. The fourth-order valence-electron chi connectivity index (χ4n) is 13.5. The summed E-state index contributed by atoms with van der Waals surface area (Å²) in [5, 5.41) is 45.5. The molecule has 0 unspecified atom stereocenters. The zero-order chi connectivity index (χ0) is 52.1. The lowest BCUT2D eigenvalue weighted by molar-refractivity contribution is -0.295. The van der Waals surface area contributed by atoms with Gasteiger partial charge >= 0.3 is 16.2 Å². The number of hydrogen-bond donors (Lipinski definition) is 6. The first kappa shape index (κ1) is 60.1. The second kappa shape index (κ2) is 26.9. The molecule has 9 fully saturated rings. The largest absolute Gasteiger partial charge is 0.511 e. The van der Waals surface area contributed by atoms with Gasteiger partial charge in [0.2, 0.25) is 0 Å². The van der Waals surface area contributed by atoms with Crippen molar-refractivity contribution < 1.29 is 63.1 Å². The molecule has 2 amide bonds. The predicted molar refractivity (Wildman–Crippen MR) is 270 cm³/mol. The number of rotatable bonds is 5. The van der Waals surface area contributed by atoms with Gasteiger partial charge in [-0.25, -0.2) is 9.59 Å². The molecule has 20 nitrogen and oxygen atoms in total. The van der Waals surface area contributed by atoms with Crippen LogP contribution in [0.25, 0.3) is 0 Å². The van der Waals surface area contributed by atoms with E-state index < -0.39 is 10.1 Å². The fraction of sp³-hybridized carbons (Fsp3) is 0.959. The first-order valence-electron chi connectivity index (χ1n) is 26.7. The van der Waals surface area contributed by atoms with Crippen LogP contribution in [0.5, 0.6) is 0 Å². The van der Waals surface area contributed by atoms with Crippen LogP contribution in [0.4, 0.5) is 9.59 Å². The predicted octanol–water partition coefficient (Wildman–Crippen LogP) is 6.53. The molecule has 0 atom stereocenters. The maximum atomic E-state index is 13.6. The summed E-state index contributed by atoms with van der Waals surface area (Å²) >= 11 is 15.0. The average molecular weight is 1090 g/mol. The number of ether oxygens (including phenoxy) is 8. The number of carbonyl (C=O) groups excluding carboxylic acids is 2. The molecule has 0 aliphatic carbocycles. The van der Waals surface area contributed by atoms with E-state index in [2.05, 4.69) is 45.8 Å². The summed E-state index contributed by atoms with van der Waals surface area (Å²) in [6.07, 6.45) is 13.2. The Hall–Kier alpha value is -1.15. The quantitative estimate of drug-likeness (QED) is 0.127. The van der Waals surface area contributed by atoms with Crippen LogP contribution in [0.15, 0.2) is 0 Å². The molecule has 72 heavy (non-hydrogen) atoms. The molecule has 0 aromatic carbocycles. The summed E-state index contributed by atoms with van der Waals surface area (Å²) in [7, 11) is 1.11. The minimum atomic E-state index is -2.03. The summed E-state index contributed by atoms with van der Waals surface area (Å²) in [6.45, 7) is 18.1. The molecule has 6 spiro atoms. The highest BCUT2D eigenvalue weighted by Crippen LogP contribution is 2.50. The van der Waals surface area contributed by atoms with E-state index >= 15 is 0 Å². The van der Waals surface area contributed by atoms with E-state index in [9.17, 15) is 25.2 Å². The number of nitrogens with two attached hydrogens (primary N) is 1. The maximum Gasteiger partial charge on any atom is 0.511 e. The Morgan fingerprint density at radius 3 is 0.944 bits per heavy atom. The minimum absolute atomic E-state index is 0.0402. The number of alkyl halides is 3. The van der Waals surface area contributed by atoms with Gasteiger partial charge in [-0.1, -0.05) is 20.8 Å². The third-order valence-electron chi connectivity index (χ3n) is 17.4. The highest BCUT2D eigenvalue weighted by molar-refractivity contribution is 6.66. The van der Waals surface area contributed by atoms with Crippen LogP contribution >= 0.6 is 34.8 Å². The summed E-state index contributed by atoms with van der Waals surface area (Å²) in [5.41, 5.74) is 4.44. The van der Waals surface area contributed by atoms with Crippen molar-refractivity contribution in [3.05, 3.63) is 0 Å². The first-order valence-corrected chi connectivity index (χ1v) is 27.8. The second-order valence-corrected chi connectivity index (χ2v) is 23.8. The zero-order valence-electron chi connectivity index (χ0n) is 43.5. The molecule has 0 saturated carbocycles. The highest BCUT2D eigenvalue weighted by Gasteiger charge is 2.58. The number of methoxy groups -OCH3 is 1. The van der Waals surface area contributed by atoms with Gasteiger partial charge in [-0.3, -0.25) is 0 Å². The minimum Gasteiger partial charge on any atom is -0.438 e. The molecule has 9 heterocycles. The van der Waals surface area contributed by atoms with E-state index in [1.54, 1.807) is 15.2 Å². The summed E-state index contributed by atoms with van der Waals surface area (Å²) in [6, 6.07) is -0.0422. The number of hydroxylamine groups is 6. The van der Waals surface area contributed by atoms with Crippen molar-refractivity contribution in [3.8, 4) is 0 Å². The van der Waals surface area contributed by atoms with Crippen LogP contribution in [0.1, 0.15) is 136 Å². The third-order valence-corrected chi connectivity index (χ3v) is 17.6. The third kappa shape index (κ3) is 14.9. The number of nitrogens with zero attached hydrogens (tertiary/aromatic N) is 4. The summed E-state index contributed by atoms with van der Waals surface area (Å²) in [4.78, 5) is 26.1. The molecule has 0 radical (unpaired) electrons. The maximum absolute atomic E-state index is 13.6. The van der Waals surface area contributed by atoms with Gasteiger partial charge < -0.3 is 74.8 Å². The van der Waals surface area contributed by atoms with Crippen molar-refractivity contribution >= 4 is 47.0 Å². The van der Waals surface area contributed by atoms with Crippen LogP contribution in [0.2, 0.25) is 0 Å². The van der Waals surface area contributed by atoms with Crippen LogP contribution in [-0.4, -0.2) is 209 Å². The van der Waals surface area contributed by atoms with Crippen molar-refractivity contribution in [1.82, 2.24) is 30.7 Å². The monoisotopic (exact) mass is 1090 g/mol. The van der Waals surface area contributed by atoms with Crippen LogP contribution in [0.3, 0.4) is 0 Å². The number of urea groups is 1. The molecule has 0 aromatic heterocycles. The molecule has 7 N–H and O–H groups in total. The summed E-state index contributed by atoms with van der Waals surface area (Å²) in [5.74, 6) is 0. The fourth-order valence-corrected chi connectivity index (χ4v) is 13.7. The Morgan fingerprint density at radius 2 is 0.764 bits per heavy atom. The molecule has 9 rings (SSSR count). The molecule has 0 bridgehead atoms. The Labute approximate surface area is 442 Å². The average Bonchev–Trinajstić information content (AvgIpc) is 3.36. The van der Waals surface area contributed by atoms with E-state index in [-0.39, 0.29) is 57.4 Å². The molecular weight excluding hydrogens is 1000 g/mol. The van der Waals surface area contributed by atoms with Crippen LogP contribution in [0, 0.1) is 0 Å². The molecular formula is C49H88Cl3N7O13. The van der Waals surface area contributed by atoms with E-state index in [1.807, 2.05) is 0 Å². The molecule has 23 heteroatoms. The lowest BCUT2D eigenvalue weighted by atomic mass is 9.69. The van der Waals surface area contributed by atoms with Crippen molar-refractivity contribution in [2.45, 2.75) is 192 Å². The number of piperidine rings is 3. The molecule has 9 saturated heterocycles. The number of nitrogens with one attached hydrogen (secondary N) is 2. The smallest absolute Gasteiger partial charge is 0.438 e. The summed E-state index contributed by atoms with van der Waals surface area (Å²) < 4.78 is 39.5. The van der Waals surface area contributed by atoms with Crippen molar-refractivity contribution in [1.29, 1.82) is 0 Å². The lowest BCUT2D eigenvalue weighted by Gasteiger charge is -2.59. The van der Waals surface area contributed by atoms with E-state index in [0.717, 1.165) is 123 Å². The van der Waals surface area contributed by atoms with E-state index in [0.29, 0.717) is 78.5 Å². The van der Waals surface area contributed by atoms with Crippen LogP contribution < -0.4 is 16.4 Å². The van der Waals surface area contributed by atoms with Gasteiger partial charge in [-0.05, 0) is 170 Å². The van der Waals surface area contributed by atoms with Crippen molar-refractivity contribution in [3.63, 3.8) is 0 Å². The first-order chi connectivity index (χ1) is 34.4. The van der Waals surface area contributed by atoms with Gasteiger partial charge in [0.05, 0.1) is 40.3 Å². The molecule has 9 aliphatic rings. The Balaban J connectivity index is 0.000000204. The molecule has 0 aromatic rings. The topological polar surface area (TPSA) is 232 Å². The lowest BCUT2D eigenvalue weighted by Crippen LogP contribution is -2.71. The van der Waals surface area contributed by atoms with Gasteiger partial charge in [-0.15, -0.1) is 0 Å². The Morgan fingerprint density at radius 1 is 0.528 bits per heavy atom. The highest BCUT2D eigenvalue weighted by atomic mass is 35.6. The van der Waals surface area contributed by atoms with Crippen molar-refractivity contribution in [2.24, 2.45) is 5.73 Å². The van der Waals surface area contributed by atoms with Crippen molar-refractivity contribution in [2.75, 3.05) is 106 Å². The number of amides is 2. The normalized spacial score (nSPS) is 29.8. The van der Waals surface area contributed by atoms with Gasteiger partial charge in [0, 0.05) is 97.4 Å². The molecule has 9 aliphatic heterocycles. The molecule has 418 valence electrons. The van der Waals surface area contributed by atoms with Gasteiger partial charge in [-0.2, -0.15) is 15.2 Å². The van der Waals surface area contributed by atoms with E-state index in [1.165, 1.54) is 19.6 Å². The van der Waals surface area contributed by atoms with E-state index in [4.69, 9.17) is 69.0 Å². The van der Waals surface area contributed by atoms with Gasteiger partial charge in [0.1, 0.15) is 0 Å². The number of hydrogen-bond acceptors (Lipinski definition) is 18. The van der Waals surface area contributed by atoms with Gasteiger partial charge in [0.25, 0.3) is 0 Å². The van der Waals surface area contributed by atoms with Gasteiger partial charge in [0.15, 0.2) is 0 Å². The SMILES string of the molecule is CCN(CC)CC.COC(=O)OC(Cl)(Cl)Cl.NC1CC2(CCOCC2)N(O)C2(CCOCC2)C1.O=C(NC1CC2(CCOCC2)N(O)C2(CCOCC2)C1)NC1CC2(CCOCC2)N(O)C2(CCOCC2)C1. The number of halogens is 3. The van der Waals surface area contributed by atoms with Crippen LogP contribution in [-0.2, 0) is 37.9 Å². The zero-order valence-corrected chi connectivity index (χ0v) is 45.8. The Bertz CT molecular complexity index is 1500. The Kier molecular flexibility index (Phi) is 22.5. The number of carbonyl (C=O) groups is 2. The standard InChI is InChI=1S/C27H46N4O7.C13H24N2O3.C6H15N.C3H3Cl3O3/c32-23(28-21-17-24(1-9-35-10-2-24)30(33)25(18-21)3-11-36-12-4-25)29-22-19-26(5-13-37-14-6-26)31(34)27(20-22)7-15-38-16-8-27;14-11-9-12(1-5-17-6-2-12)15(16)13(10-11)3-7-18-8-4-13;1-4-7(5-2)6-3;1-8-2(7)9-3(4,5)6/h21-22,33-34H,1-20H2,(H2,28,29,32);11,16H,1-10,14H2;4-6H2,1-3H3;1H3.